The van der Waals surface area contributed by atoms with Crippen LogP contribution in [0.1, 0.15) is 19.8 Å². The van der Waals surface area contributed by atoms with Gasteiger partial charge in [0.25, 0.3) is 0 Å². The van der Waals surface area contributed by atoms with E-state index in [1.807, 2.05) is 6.92 Å². The summed E-state index contributed by atoms with van der Waals surface area (Å²) >= 11 is 0. The third-order valence-electron chi connectivity index (χ3n) is 3.17. The van der Waals surface area contributed by atoms with E-state index in [0.717, 1.165) is 6.08 Å². The summed E-state index contributed by atoms with van der Waals surface area (Å²) in [7, 11) is 0. The number of fused-ring (bicyclic) bond motifs is 1. The van der Waals surface area contributed by atoms with E-state index in [-0.39, 0.29) is 11.7 Å². The summed E-state index contributed by atoms with van der Waals surface area (Å²) < 4.78 is 5.07. The van der Waals surface area contributed by atoms with E-state index in [4.69, 9.17) is 4.74 Å². The molecule has 2 aliphatic rings. The van der Waals surface area contributed by atoms with Crippen LogP contribution < -0.4 is 0 Å². The average molecular weight is 210 g/mol. The first-order valence-electron chi connectivity index (χ1n) is 5.09. The van der Waals surface area contributed by atoms with Crippen molar-refractivity contribution >= 4 is 5.78 Å². The van der Waals surface area contributed by atoms with Crippen LogP contribution in [0, 0.1) is 5.92 Å². The van der Waals surface area contributed by atoms with E-state index < -0.39 is 17.5 Å². The van der Waals surface area contributed by atoms with Crippen LogP contribution in [-0.2, 0) is 9.53 Å². The summed E-state index contributed by atoms with van der Waals surface area (Å²) in [6.07, 6.45) is 4.32. The second-order valence-electron chi connectivity index (χ2n) is 3.97. The Bertz CT molecular complexity index is 344. The molecule has 0 spiro atoms. The lowest BCUT2D eigenvalue weighted by atomic mass is 9.75. The molecule has 2 unspecified atom stereocenters. The summed E-state index contributed by atoms with van der Waals surface area (Å²) in [5.41, 5.74) is -1.87. The van der Waals surface area contributed by atoms with E-state index in [1.165, 1.54) is 6.26 Å². The summed E-state index contributed by atoms with van der Waals surface area (Å²) in [6, 6.07) is 0. The van der Waals surface area contributed by atoms with E-state index in [9.17, 15) is 15.0 Å². The van der Waals surface area contributed by atoms with Crippen LogP contribution in [0.15, 0.2) is 24.2 Å². The van der Waals surface area contributed by atoms with Crippen LogP contribution in [0.25, 0.3) is 0 Å². The molecule has 0 aromatic heterocycles. The average Bonchev–Trinajstić information content (AvgIpc) is 2.23. The first-order valence-corrected chi connectivity index (χ1v) is 5.09. The summed E-state index contributed by atoms with van der Waals surface area (Å²) in [5, 5.41) is 20.2. The zero-order chi connectivity index (χ0) is 11.1. The third kappa shape index (κ3) is 1.33. The van der Waals surface area contributed by atoms with Crippen molar-refractivity contribution < 1.29 is 19.7 Å². The van der Waals surface area contributed by atoms with E-state index in [2.05, 4.69) is 0 Å². The lowest BCUT2D eigenvalue weighted by Crippen LogP contribution is -2.56. The van der Waals surface area contributed by atoms with Crippen LogP contribution in [0.3, 0.4) is 0 Å². The van der Waals surface area contributed by atoms with Gasteiger partial charge in [0.15, 0.2) is 0 Å². The first-order chi connectivity index (χ1) is 7.10. The highest BCUT2D eigenvalue weighted by Crippen LogP contribution is 2.38. The second kappa shape index (κ2) is 3.47. The van der Waals surface area contributed by atoms with Crippen molar-refractivity contribution in [2.24, 2.45) is 5.92 Å². The Morgan fingerprint density at radius 1 is 1.67 bits per heavy atom. The highest BCUT2D eigenvalue weighted by molar-refractivity contribution is 6.00. The third-order valence-corrected chi connectivity index (χ3v) is 3.17. The van der Waals surface area contributed by atoms with Crippen molar-refractivity contribution in [3.8, 4) is 0 Å². The van der Waals surface area contributed by atoms with Gasteiger partial charge in [-0.2, -0.15) is 0 Å². The molecule has 15 heavy (non-hydrogen) atoms. The molecule has 0 amide bonds. The summed E-state index contributed by atoms with van der Waals surface area (Å²) in [5.74, 6) is -0.448. The maximum absolute atomic E-state index is 11.6. The predicted octanol–water partition coefficient (Wildman–Crippen LogP) is 0.505. The van der Waals surface area contributed by atoms with Gasteiger partial charge in [-0.05, 0) is 18.4 Å². The van der Waals surface area contributed by atoms with E-state index in [0.29, 0.717) is 12.8 Å². The van der Waals surface area contributed by atoms with Crippen molar-refractivity contribution in [1.82, 2.24) is 0 Å². The minimum atomic E-state index is -1.87. The van der Waals surface area contributed by atoms with Gasteiger partial charge in [-0.3, -0.25) is 4.79 Å². The van der Waals surface area contributed by atoms with Gasteiger partial charge in [-0.15, -0.1) is 0 Å². The molecule has 0 saturated heterocycles. The SMILES string of the molecule is CCC1CC=C2OC=CC(=O)[C@]2(O)C1O. The van der Waals surface area contributed by atoms with Crippen LogP contribution >= 0.6 is 0 Å². The zero-order valence-corrected chi connectivity index (χ0v) is 8.51. The van der Waals surface area contributed by atoms with Crippen molar-refractivity contribution in [3.05, 3.63) is 24.2 Å². The standard InChI is InChI=1S/C11H14O4/c1-2-7-3-4-9-11(14,10(7)13)8(12)5-6-15-9/h4-7,10,13-14H,2-3H2,1H3/t7?,10?,11-/m1/s1. The smallest absolute Gasteiger partial charge is 0.210 e. The van der Waals surface area contributed by atoms with Crippen LogP contribution in [0.2, 0.25) is 0 Å². The maximum atomic E-state index is 11.6. The molecule has 3 atom stereocenters. The molecule has 1 heterocycles. The number of hydrogen-bond donors (Lipinski definition) is 2. The highest BCUT2D eigenvalue weighted by atomic mass is 16.5. The number of carbonyl (C=O) groups excluding carboxylic acids is 1. The number of ketones is 1. The monoisotopic (exact) mass is 210 g/mol. The van der Waals surface area contributed by atoms with Crippen molar-refractivity contribution in [2.75, 3.05) is 0 Å². The molecule has 0 aromatic carbocycles. The quantitative estimate of drug-likeness (QED) is 0.661. The molecule has 1 aliphatic heterocycles. The Hall–Kier alpha value is -1.13. The normalized spacial score (nSPS) is 39.4. The molecule has 2 rings (SSSR count). The van der Waals surface area contributed by atoms with Gasteiger partial charge in [0.05, 0.1) is 6.26 Å². The first kappa shape index (κ1) is 10.4. The molecule has 4 nitrogen and oxygen atoms in total. The number of aliphatic hydroxyl groups excluding tert-OH is 1. The molecule has 0 aromatic rings. The van der Waals surface area contributed by atoms with Gasteiger partial charge in [-0.1, -0.05) is 13.3 Å². The Morgan fingerprint density at radius 2 is 2.40 bits per heavy atom. The number of allylic oxidation sites excluding steroid dienone is 1. The lowest BCUT2D eigenvalue weighted by Gasteiger charge is -2.40. The Morgan fingerprint density at radius 3 is 3.07 bits per heavy atom. The predicted molar refractivity (Wildman–Crippen MR) is 52.7 cm³/mol. The molecule has 1 aliphatic carbocycles. The fraction of sp³-hybridized carbons (Fsp3) is 0.545. The molecular formula is C11H14O4. The van der Waals surface area contributed by atoms with E-state index in [1.54, 1.807) is 6.08 Å². The minimum absolute atomic E-state index is 0.0993. The van der Waals surface area contributed by atoms with Crippen LogP contribution in [-0.4, -0.2) is 27.7 Å². The molecular weight excluding hydrogens is 196 g/mol. The fourth-order valence-electron chi connectivity index (χ4n) is 2.12. The van der Waals surface area contributed by atoms with Crippen molar-refractivity contribution in [1.29, 1.82) is 0 Å². The number of aliphatic hydroxyl groups is 2. The zero-order valence-electron chi connectivity index (χ0n) is 8.51. The van der Waals surface area contributed by atoms with Gasteiger partial charge < -0.3 is 14.9 Å². The number of ether oxygens (including phenoxy) is 1. The van der Waals surface area contributed by atoms with Crippen molar-refractivity contribution in [2.45, 2.75) is 31.5 Å². The topological polar surface area (TPSA) is 66.8 Å². The van der Waals surface area contributed by atoms with Gasteiger partial charge in [-0.25, -0.2) is 0 Å². The Balaban J connectivity index is 2.43. The Kier molecular flexibility index (Phi) is 2.40. The number of carbonyl (C=O) groups is 1. The molecule has 0 fully saturated rings. The lowest BCUT2D eigenvalue weighted by molar-refractivity contribution is -0.153. The largest absolute Gasteiger partial charge is 0.466 e. The molecule has 0 bridgehead atoms. The van der Waals surface area contributed by atoms with Gasteiger partial charge in [0, 0.05) is 6.08 Å². The highest BCUT2D eigenvalue weighted by Gasteiger charge is 2.52. The minimum Gasteiger partial charge on any atom is -0.466 e. The summed E-state index contributed by atoms with van der Waals surface area (Å²) in [6.45, 7) is 1.92. The molecule has 82 valence electrons. The van der Waals surface area contributed by atoms with Gasteiger partial charge in [0.1, 0.15) is 11.9 Å². The molecule has 0 saturated carbocycles. The van der Waals surface area contributed by atoms with Crippen LogP contribution in [0.5, 0.6) is 0 Å². The van der Waals surface area contributed by atoms with Crippen LogP contribution in [0.4, 0.5) is 0 Å². The fourth-order valence-corrected chi connectivity index (χ4v) is 2.12. The number of hydrogen-bond acceptors (Lipinski definition) is 4. The second-order valence-corrected chi connectivity index (χ2v) is 3.97. The van der Waals surface area contributed by atoms with E-state index >= 15 is 0 Å². The molecule has 2 N–H and O–H groups in total. The summed E-state index contributed by atoms with van der Waals surface area (Å²) in [4.78, 5) is 11.6. The molecule has 4 heteroatoms. The van der Waals surface area contributed by atoms with Gasteiger partial charge >= 0.3 is 0 Å². The van der Waals surface area contributed by atoms with Gasteiger partial charge in [0.2, 0.25) is 11.4 Å². The maximum Gasteiger partial charge on any atom is 0.210 e. The van der Waals surface area contributed by atoms with Crippen molar-refractivity contribution in [3.63, 3.8) is 0 Å². The number of rotatable bonds is 1. The molecule has 0 radical (unpaired) electrons. The Labute approximate surface area is 87.9 Å².